The highest BCUT2D eigenvalue weighted by atomic mass is 35.5. The van der Waals surface area contributed by atoms with Gasteiger partial charge in [0.1, 0.15) is 5.82 Å². The first-order valence-corrected chi connectivity index (χ1v) is 7.12. The zero-order valence-electron chi connectivity index (χ0n) is 12.2. The third-order valence-electron chi connectivity index (χ3n) is 3.64. The monoisotopic (exact) mass is 314 g/mol. The molecule has 0 aliphatic heterocycles. The first-order chi connectivity index (χ1) is 10.5. The molecule has 0 saturated heterocycles. The van der Waals surface area contributed by atoms with E-state index in [9.17, 15) is 4.79 Å². The normalized spacial score (nSPS) is 10.9. The van der Waals surface area contributed by atoms with Gasteiger partial charge in [0.05, 0.1) is 5.52 Å². The lowest BCUT2D eigenvalue weighted by atomic mass is 10.0. The third-order valence-corrected chi connectivity index (χ3v) is 3.97. The quantitative estimate of drug-likeness (QED) is 0.713. The summed E-state index contributed by atoms with van der Waals surface area (Å²) < 4.78 is 1.59. The number of rotatable bonds is 2. The molecule has 5 nitrogen and oxygen atoms in total. The molecule has 0 fully saturated rings. The van der Waals surface area contributed by atoms with Gasteiger partial charge in [-0.1, -0.05) is 11.6 Å². The average molecular weight is 315 g/mol. The predicted molar refractivity (Wildman–Crippen MR) is 91.4 cm³/mol. The number of halogens is 1. The number of benzene rings is 1. The minimum atomic E-state index is -0.131. The van der Waals surface area contributed by atoms with Crippen molar-refractivity contribution < 1.29 is 0 Å². The molecular weight excluding hydrogens is 300 g/mol. The van der Waals surface area contributed by atoms with Crippen molar-refractivity contribution in [1.29, 1.82) is 0 Å². The minimum Gasteiger partial charge on any atom is -0.399 e. The van der Waals surface area contributed by atoms with E-state index in [-0.39, 0.29) is 5.56 Å². The van der Waals surface area contributed by atoms with Crippen LogP contribution in [0.4, 0.5) is 11.5 Å². The van der Waals surface area contributed by atoms with E-state index in [4.69, 9.17) is 17.3 Å². The van der Waals surface area contributed by atoms with Crippen molar-refractivity contribution in [1.82, 2.24) is 9.55 Å². The molecule has 0 atom stereocenters. The summed E-state index contributed by atoms with van der Waals surface area (Å²) in [5, 5.41) is 4.31. The second-order valence-corrected chi connectivity index (χ2v) is 5.45. The molecule has 1 aromatic carbocycles. The van der Waals surface area contributed by atoms with E-state index in [0.717, 1.165) is 10.9 Å². The van der Waals surface area contributed by atoms with Crippen LogP contribution in [-0.4, -0.2) is 16.6 Å². The van der Waals surface area contributed by atoms with Crippen molar-refractivity contribution in [2.24, 2.45) is 7.05 Å². The highest BCUT2D eigenvalue weighted by Crippen LogP contribution is 2.29. The van der Waals surface area contributed by atoms with Gasteiger partial charge in [0.2, 0.25) is 0 Å². The third kappa shape index (κ3) is 2.29. The van der Waals surface area contributed by atoms with Crippen LogP contribution in [0.25, 0.3) is 22.0 Å². The zero-order chi connectivity index (χ0) is 15.9. The predicted octanol–water partition coefficient (Wildman–Crippen LogP) is 2.88. The van der Waals surface area contributed by atoms with Gasteiger partial charge < -0.3 is 15.6 Å². The Morgan fingerprint density at radius 2 is 2.00 bits per heavy atom. The van der Waals surface area contributed by atoms with Gasteiger partial charge in [-0.2, -0.15) is 0 Å². The second kappa shape index (κ2) is 5.35. The molecule has 0 bridgehead atoms. The molecule has 6 heteroatoms. The average Bonchev–Trinajstić information content (AvgIpc) is 2.53. The van der Waals surface area contributed by atoms with Crippen molar-refractivity contribution in [2.45, 2.75) is 0 Å². The molecule has 3 N–H and O–H groups in total. The van der Waals surface area contributed by atoms with Crippen LogP contribution in [0, 0.1) is 0 Å². The van der Waals surface area contributed by atoms with Gasteiger partial charge in [-0.3, -0.25) is 4.79 Å². The first kappa shape index (κ1) is 14.4. The molecule has 0 aliphatic rings. The van der Waals surface area contributed by atoms with E-state index in [2.05, 4.69) is 10.3 Å². The summed E-state index contributed by atoms with van der Waals surface area (Å²) in [5.74, 6) is 0.706. The summed E-state index contributed by atoms with van der Waals surface area (Å²) >= 11 is 6.22. The summed E-state index contributed by atoms with van der Waals surface area (Å²) in [6.45, 7) is 0. The molecule has 22 heavy (non-hydrogen) atoms. The molecule has 3 aromatic rings. The Labute approximate surface area is 132 Å². The van der Waals surface area contributed by atoms with Crippen LogP contribution in [0.1, 0.15) is 0 Å². The second-order valence-electron chi connectivity index (χ2n) is 5.04. The fraction of sp³-hybridized carbons (Fsp3) is 0.125. The highest BCUT2D eigenvalue weighted by Gasteiger charge is 2.13. The number of hydrogen-bond donors (Lipinski definition) is 2. The van der Waals surface area contributed by atoms with Gasteiger partial charge >= 0.3 is 0 Å². The Bertz CT molecular complexity index is 933. The smallest absolute Gasteiger partial charge is 0.258 e. The maximum atomic E-state index is 12.7. The SMILES string of the molecule is CNc1cc2c(cn1)cc(-c1cc(N)ccc1Cl)c(=O)n2C. The molecule has 2 aromatic heterocycles. The van der Waals surface area contributed by atoms with Crippen LogP contribution in [0.5, 0.6) is 0 Å². The van der Waals surface area contributed by atoms with E-state index in [0.29, 0.717) is 27.7 Å². The first-order valence-electron chi connectivity index (χ1n) is 6.74. The largest absolute Gasteiger partial charge is 0.399 e. The number of aromatic nitrogens is 2. The van der Waals surface area contributed by atoms with Crippen LogP contribution in [0.3, 0.4) is 0 Å². The van der Waals surface area contributed by atoms with E-state index in [1.54, 1.807) is 49.1 Å². The van der Waals surface area contributed by atoms with Crippen LogP contribution in [0.15, 0.2) is 41.3 Å². The maximum absolute atomic E-state index is 12.7. The van der Waals surface area contributed by atoms with Crippen LogP contribution < -0.4 is 16.6 Å². The number of fused-ring (bicyclic) bond motifs is 1. The Morgan fingerprint density at radius 3 is 2.73 bits per heavy atom. The lowest BCUT2D eigenvalue weighted by molar-refractivity contribution is 0.907. The van der Waals surface area contributed by atoms with Gasteiger partial charge in [-0.15, -0.1) is 0 Å². The van der Waals surface area contributed by atoms with Gasteiger partial charge in [0.15, 0.2) is 0 Å². The Kier molecular flexibility index (Phi) is 3.50. The van der Waals surface area contributed by atoms with Crippen molar-refractivity contribution in [3.63, 3.8) is 0 Å². The van der Waals surface area contributed by atoms with E-state index in [1.807, 2.05) is 6.07 Å². The van der Waals surface area contributed by atoms with Crippen molar-refractivity contribution in [3.8, 4) is 11.1 Å². The summed E-state index contributed by atoms with van der Waals surface area (Å²) in [6.07, 6.45) is 1.73. The lowest BCUT2D eigenvalue weighted by Crippen LogP contribution is -2.19. The summed E-state index contributed by atoms with van der Waals surface area (Å²) in [6, 6.07) is 8.74. The number of nitrogens with one attached hydrogen (secondary N) is 1. The molecule has 0 aliphatic carbocycles. The fourth-order valence-corrected chi connectivity index (χ4v) is 2.66. The summed E-state index contributed by atoms with van der Waals surface area (Å²) in [5.41, 5.74) is 8.18. The molecule has 0 radical (unpaired) electrons. The number of aryl methyl sites for hydroxylation is 1. The molecular formula is C16H15ClN4O. The highest BCUT2D eigenvalue weighted by molar-refractivity contribution is 6.33. The Morgan fingerprint density at radius 1 is 1.23 bits per heavy atom. The zero-order valence-corrected chi connectivity index (χ0v) is 13.0. The molecule has 2 heterocycles. The summed E-state index contributed by atoms with van der Waals surface area (Å²) in [4.78, 5) is 17.0. The Balaban J connectivity index is 2.34. The van der Waals surface area contributed by atoms with Gasteiger partial charge in [0.25, 0.3) is 5.56 Å². The molecule has 112 valence electrons. The van der Waals surface area contributed by atoms with Gasteiger partial charge in [-0.25, -0.2) is 4.98 Å². The minimum absolute atomic E-state index is 0.131. The Hall–Kier alpha value is -2.53. The van der Waals surface area contributed by atoms with Crippen molar-refractivity contribution in [3.05, 3.63) is 51.9 Å². The summed E-state index contributed by atoms with van der Waals surface area (Å²) in [7, 11) is 3.51. The van der Waals surface area contributed by atoms with Crippen LogP contribution in [0.2, 0.25) is 5.02 Å². The number of nitrogens with two attached hydrogens (primary N) is 1. The van der Waals surface area contributed by atoms with E-state index >= 15 is 0 Å². The van der Waals surface area contributed by atoms with Gasteiger partial charge in [-0.05, 0) is 24.3 Å². The van der Waals surface area contributed by atoms with Crippen molar-refractivity contribution >= 4 is 34.0 Å². The van der Waals surface area contributed by atoms with E-state index in [1.165, 1.54) is 0 Å². The topological polar surface area (TPSA) is 72.9 Å². The standard InChI is InChI=1S/C16H15ClN4O/c1-19-15-7-14-9(8-20-15)5-12(16(22)21(14)2)11-6-10(18)3-4-13(11)17/h3-8H,18H2,1-2H3,(H,19,20). The molecule has 0 amide bonds. The fourth-order valence-electron chi connectivity index (χ4n) is 2.44. The molecule has 0 saturated carbocycles. The van der Waals surface area contributed by atoms with Crippen molar-refractivity contribution in [2.75, 3.05) is 18.1 Å². The van der Waals surface area contributed by atoms with Gasteiger partial charge in [0, 0.05) is 53.6 Å². The molecule has 0 unspecified atom stereocenters. The molecule has 3 rings (SSSR count). The number of hydrogen-bond acceptors (Lipinski definition) is 4. The van der Waals surface area contributed by atoms with Crippen LogP contribution in [-0.2, 0) is 7.05 Å². The number of pyridine rings is 2. The number of nitrogens with zero attached hydrogens (tertiary/aromatic N) is 2. The number of anilines is 2. The maximum Gasteiger partial charge on any atom is 0.258 e. The van der Waals surface area contributed by atoms with Crippen LogP contribution >= 0.6 is 11.6 Å². The number of nitrogen functional groups attached to an aromatic ring is 1. The molecule has 0 spiro atoms. The lowest BCUT2D eigenvalue weighted by Gasteiger charge is -2.11. The van der Waals surface area contributed by atoms with E-state index < -0.39 is 0 Å².